The molecule has 1 heterocycles. The van der Waals surface area contributed by atoms with Crippen molar-refractivity contribution in [1.29, 1.82) is 0 Å². The number of hydrogen-bond acceptors (Lipinski definition) is 3. The van der Waals surface area contributed by atoms with Crippen molar-refractivity contribution >= 4 is 39.3 Å². The number of carbonyl (C=O) groups excluding carboxylic acids is 3. The number of anilines is 1. The van der Waals surface area contributed by atoms with Gasteiger partial charge in [-0.3, -0.25) is 19.3 Å². The molecular formula is C23H17BrN2O3. The molecule has 0 radical (unpaired) electrons. The Morgan fingerprint density at radius 3 is 2.17 bits per heavy atom. The van der Waals surface area contributed by atoms with Crippen LogP contribution in [0.5, 0.6) is 0 Å². The van der Waals surface area contributed by atoms with Crippen molar-refractivity contribution in [3.8, 4) is 11.1 Å². The third kappa shape index (κ3) is 3.71. The molecule has 3 aromatic carbocycles. The van der Waals surface area contributed by atoms with Gasteiger partial charge in [0.05, 0.1) is 17.5 Å². The Labute approximate surface area is 176 Å². The van der Waals surface area contributed by atoms with E-state index in [1.807, 2.05) is 48.5 Å². The van der Waals surface area contributed by atoms with E-state index >= 15 is 0 Å². The smallest absolute Gasteiger partial charge is 0.261 e. The molecular weight excluding hydrogens is 432 g/mol. The summed E-state index contributed by atoms with van der Waals surface area (Å²) in [5.41, 5.74) is 4.02. The first-order valence-corrected chi connectivity index (χ1v) is 9.83. The van der Waals surface area contributed by atoms with Gasteiger partial charge in [0.15, 0.2) is 0 Å². The molecule has 5 nitrogen and oxygen atoms in total. The summed E-state index contributed by atoms with van der Waals surface area (Å²) in [5.74, 6) is -0.951. The lowest BCUT2D eigenvalue weighted by atomic mass is 10.00. The second-order valence-electron chi connectivity index (χ2n) is 6.82. The van der Waals surface area contributed by atoms with E-state index in [0.717, 1.165) is 20.5 Å². The van der Waals surface area contributed by atoms with Crippen LogP contribution >= 0.6 is 15.9 Å². The summed E-state index contributed by atoms with van der Waals surface area (Å²) in [6.07, 6.45) is 0.0184. The fraction of sp³-hybridized carbons (Fsp3) is 0.0870. The van der Waals surface area contributed by atoms with Crippen molar-refractivity contribution in [2.24, 2.45) is 0 Å². The van der Waals surface area contributed by atoms with Gasteiger partial charge in [-0.05, 0) is 47.0 Å². The maximum absolute atomic E-state index is 12.5. The van der Waals surface area contributed by atoms with Crippen LogP contribution in [0.2, 0.25) is 0 Å². The monoisotopic (exact) mass is 448 g/mol. The van der Waals surface area contributed by atoms with Gasteiger partial charge in [0, 0.05) is 17.2 Å². The number of benzene rings is 3. The second kappa shape index (κ2) is 7.64. The summed E-state index contributed by atoms with van der Waals surface area (Å²) >= 11 is 3.42. The molecule has 1 aliphatic rings. The lowest BCUT2D eigenvalue weighted by Crippen LogP contribution is -2.24. The number of fused-ring (bicyclic) bond motifs is 1. The SMILES string of the molecule is CN1C(=O)c2cccc(CC(=O)Nc3ccc(-c4ccc(Br)cc4)cc3)c2C1=O. The van der Waals surface area contributed by atoms with Gasteiger partial charge in [0.2, 0.25) is 5.91 Å². The van der Waals surface area contributed by atoms with Crippen LogP contribution in [0, 0.1) is 0 Å². The Morgan fingerprint density at radius 1 is 0.897 bits per heavy atom. The predicted molar refractivity (Wildman–Crippen MR) is 115 cm³/mol. The molecule has 0 unspecified atom stereocenters. The van der Waals surface area contributed by atoms with Gasteiger partial charge in [-0.1, -0.05) is 52.3 Å². The number of nitrogens with zero attached hydrogens (tertiary/aromatic N) is 1. The number of rotatable bonds is 4. The molecule has 0 aromatic heterocycles. The summed E-state index contributed by atoms with van der Waals surface area (Å²) in [7, 11) is 1.45. The zero-order chi connectivity index (χ0) is 20.5. The largest absolute Gasteiger partial charge is 0.326 e. The van der Waals surface area contributed by atoms with Gasteiger partial charge in [-0.15, -0.1) is 0 Å². The molecule has 0 bridgehead atoms. The average molecular weight is 449 g/mol. The van der Waals surface area contributed by atoms with E-state index in [4.69, 9.17) is 0 Å². The van der Waals surface area contributed by atoms with Gasteiger partial charge in [-0.25, -0.2) is 0 Å². The van der Waals surface area contributed by atoms with Crippen LogP contribution in [0.3, 0.4) is 0 Å². The maximum Gasteiger partial charge on any atom is 0.261 e. The molecule has 0 saturated carbocycles. The highest BCUT2D eigenvalue weighted by atomic mass is 79.9. The molecule has 144 valence electrons. The van der Waals surface area contributed by atoms with Crippen molar-refractivity contribution in [2.75, 3.05) is 12.4 Å². The van der Waals surface area contributed by atoms with Gasteiger partial charge in [0.25, 0.3) is 11.8 Å². The first-order valence-electron chi connectivity index (χ1n) is 9.04. The van der Waals surface area contributed by atoms with Crippen LogP contribution in [0.25, 0.3) is 11.1 Å². The predicted octanol–water partition coefficient (Wildman–Crippen LogP) is 4.52. The molecule has 0 fully saturated rings. The van der Waals surface area contributed by atoms with Gasteiger partial charge in [-0.2, -0.15) is 0 Å². The molecule has 0 saturated heterocycles. The van der Waals surface area contributed by atoms with Crippen LogP contribution in [0.4, 0.5) is 5.69 Å². The quantitative estimate of drug-likeness (QED) is 0.596. The number of nitrogens with one attached hydrogen (secondary N) is 1. The van der Waals surface area contributed by atoms with E-state index in [1.54, 1.807) is 18.2 Å². The summed E-state index contributed by atoms with van der Waals surface area (Å²) in [4.78, 5) is 38.0. The van der Waals surface area contributed by atoms with Crippen LogP contribution in [-0.2, 0) is 11.2 Å². The topological polar surface area (TPSA) is 66.5 Å². The van der Waals surface area contributed by atoms with E-state index in [2.05, 4.69) is 21.2 Å². The summed E-state index contributed by atoms with van der Waals surface area (Å²) in [5, 5.41) is 2.85. The van der Waals surface area contributed by atoms with Crippen LogP contribution in [0.1, 0.15) is 26.3 Å². The van der Waals surface area contributed by atoms with E-state index in [-0.39, 0.29) is 24.1 Å². The number of carbonyl (C=O) groups is 3. The highest BCUT2D eigenvalue weighted by molar-refractivity contribution is 9.10. The minimum absolute atomic E-state index is 0.0184. The van der Waals surface area contributed by atoms with E-state index in [1.165, 1.54) is 7.05 Å². The Kier molecular flexibility index (Phi) is 5.03. The third-order valence-corrected chi connectivity index (χ3v) is 5.43. The van der Waals surface area contributed by atoms with Crippen LogP contribution in [-0.4, -0.2) is 29.7 Å². The highest BCUT2D eigenvalue weighted by Gasteiger charge is 2.34. The summed E-state index contributed by atoms with van der Waals surface area (Å²) in [6.45, 7) is 0. The number of amides is 3. The second-order valence-corrected chi connectivity index (χ2v) is 7.73. The summed E-state index contributed by atoms with van der Waals surface area (Å²) < 4.78 is 1.02. The lowest BCUT2D eigenvalue weighted by Gasteiger charge is -2.09. The van der Waals surface area contributed by atoms with Crippen LogP contribution in [0.15, 0.2) is 71.2 Å². The standard InChI is InChI=1S/C23H17BrN2O3/c1-26-22(28)19-4-2-3-16(21(19)23(26)29)13-20(27)25-18-11-7-15(8-12-18)14-5-9-17(24)10-6-14/h2-12H,13H2,1H3,(H,25,27). The van der Waals surface area contributed by atoms with Gasteiger partial charge < -0.3 is 5.32 Å². The lowest BCUT2D eigenvalue weighted by molar-refractivity contribution is -0.115. The van der Waals surface area contributed by atoms with Gasteiger partial charge in [0.1, 0.15) is 0 Å². The average Bonchev–Trinajstić information content (AvgIpc) is 2.94. The first-order chi connectivity index (χ1) is 13.9. The molecule has 1 N–H and O–H groups in total. The van der Waals surface area contributed by atoms with E-state index in [9.17, 15) is 14.4 Å². The normalized spacial score (nSPS) is 12.8. The molecule has 4 rings (SSSR count). The zero-order valence-electron chi connectivity index (χ0n) is 15.6. The van der Waals surface area contributed by atoms with Crippen molar-refractivity contribution in [1.82, 2.24) is 4.90 Å². The molecule has 3 amide bonds. The Morgan fingerprint density at radius 2 is 1.52 bits per heavy atom. The first kappa shape index (κ1) is 19.1. The third-order valence-electron chi connectivity index (χ3n) is 4.90. The van der Waals surface area contributed by atoms with Gasteiger partial charge >= 0.3 is 0 Å². The molecule has 1 aliphatic heterocycles. The molecule has 0 atom stereocenters. The fourth-order valence-electron chi connectivity index (χ4n) is 3.39. The molecule has 3 aromatic rings. The maximum atomic E-state index is 12.5. The molecule has 0 aliphatic carbocycles. The zero-order valence-corrected chi connectivity index (χ0v) is 17.2. The van der Waals surface area contributed by atoms with Crippen LogP contribution < -0.4 is 5.32 Å². The van der Waals surface area contributed by atoms with Crippen molar-refractivity contribution in [3.63, 3.8) is 0 Å². The van der Waals surface area contributed by atoms with Crippen molar-refractivity contribution in [3.05, 3.63) is 87.9 Å². The molecule has 0 spiro atoms. The molecule has 29 heavy (non-hydrogen) atoms. The van der Waals surface area contributed by atoms with Crippen molar-refractivity contribution < 1.29 is 14.4 Å². The number of halogens is 1. The number of imide groups is 1. The fourth-order valence-corrected chi connectivity index (χ4v) is 3.65. The summed E-state index contributed by atoms with van der Waals surface area (Å²) in [6, 6.07) is 20.6. The van der Waals surface area contributed by atoms with Crippen molar-refractivity contribution in [2.45, 2.75) is 6.42 Å². The number of hydrogen-bond donors (Lipinski definition) is 1. The Bertz CT molecular complexity index is 1120. The molecule has 6 heteroatoms. The van der Waals surface area contributed by atoms with E-state index in [0.29, 0.717) is 22.4 Å². The van der Waals surface area contributed by atoms with E-state index < -0.39 is 0 Å². The highest BCUT2D eigenvalue weighted by Crippen LogP contribution is 2.26. The Balaban J connectivity index is 1.48. The minimum Gasteiger partial charge on any atom is -0.326 e. The minimum atomic E-state index is -0.368. The Hall–Kier alpha value is -3.25.